The minimum absolute atomic E-state index is 0.454. The lowest BCUT2D eigenvalue weighted by Crippen LogP contribution is -2.02. The molecule has 6 nitrogen and oxygen atoms in total. The van der Waals surface area contributed by atoms with Gasteiger partial charge in [-0.05, 0) is 26.0 Å². The van der Waals surface area contributed by atoms with Gasteiger partial charge in [-0.3, -0.25) is 0 Å². The second-order valence-corrected chi connectivity index (χ2v) is 5.18. The van der Waals surface area contributed by atoms with E-state index in [2.05, 4.69) is 25.8 Å². The van der Waals surface area contributed by atoms with Crippen molar-refractivity contribution in [2.75, 3.05) is 10.6 Å². The molecule has 3 aromatic rings. The van der Waals surface area contributed by atoms with Gasteiger partial charge in [0.05, 0.1) is 10.7 Å². The lowest BCUT2D eigenvalue weighted by molar-refractivity contribution is 0.400. The van der Waals surface area contributed by atoms with Gasteiger partial charge in [-0.1, -0.05) is 28.9 Å². The number of nitrogens with zero attached hydrogens (tertiary/aromatic N) is 3. The summed E-state index contributed by atoms with van der Waals surface area (Å²) in [7, 11) is 0. The predicted octanol–water partition coefficient (Wildman–Crippen LogP) is 4.22. The number of benzene rings is 1. The van der Waals surface area contributed by atoms with Crippen LogP contribution in [0.1, 0.15) is 11.5 Å². The Bertz CT molecular complexity index is 802. The molecule has 0 atom stereocenters. The third-order valence-electron chi connectivity index (χ3n) is 2.86. The van der Waals surface area contributed by atoms with Crippen LogP contribution in [0.2, 0.25) is 5.02 Å². The average molecular weight is 316 g/mol. The summed E-state index contributed by atoms with van der Waals surface area (Å²) in [5, 5.41) is 10.7. The molecule has 22 heavy (non-hydrogen) atoms. The first-order valence-electron chi connectivity index (χ1n) is 6.68. The zero-order valence-electron chi connectivity index (χ0n) is 12.1. The Hall–Kier alpha value is -2.60. The van der Waals surface area contributed by atoms with E-state index in [4.69, 9.17) is 16.1 Å². The molecule has 0 amide bonds. The van der Waals surface area contributed by atoms with Gasteiger partial charge < -0.3 is 15.2 Å². The smallest absolute Gasteiger partial charge is 0.229 e. The summed E-state index contributed by atoms with van der Waals surface area (Å²) >= 11 is 6.13. The van der Waals surface area contributed by atoms with E-state index in [9.17, 15) is 0 Å². The minimum Gasteiger partial charge on any atom is -0.360 e. The first-order chi connectivity index (χ1) is 10.6. The van der Waals surface area contributed by atoms with Crippen molar-refractivity contribution in [3.63, 3.8) is 0 Å². The fourth-order valence-electron chi connectivity index (χ4n) is 1.93. The van der Waals surface area contributed by atoms with Gasteiger partial charge >= 0.3 is 0 Å². The molecule has 3 rings (SSSR count). The zero-order chi connectivity index (χ0) is 15.5. The van der Waals surface area contributed by atoms with Crippen molar-refractivity contribution >= 4 is 34.9 Å². The van der Waals surface area contributed by atoms with Crippen molar-refractivity contribution in [3.05, 3.63) is 52.9 Å². The van der Waals surface area contributed by atoms with Crippen LogP contribution >= 0.6 is 11.6 Å². The van der Waals surface area contributed by atoms with Crippen LogP contribution < -0.4 is 10.6 Å². The fourth-order valence-corrected chi connectivity index (χ4v) is 2.11. The van der Waals surface area contributed by atoms with Gasteiger partial charge in [-0.25, -0.2) is 4.98 Å². The summed E-state index contributed by atoms with van der Waals surface area (Å²) < 4.78 is 5.02. The van der Waals surface area contributed by atoms with Crippen LogP contribution in [0.5, 0.6) is 0 Å². The van der Waals surface area contributed by atoms with Gasteiger partial charge in [0.25, 0.3) is 0 Å². The zero-order valence-corrected chi connectivity index (χ0v) is 12.8. The van der Waals surface area contributed by atoms with Crippen LogP contribution in [0.4, 0.5) is 23.3 Å². The number of halogens is 1. The molecule has 2 N–H and O–H groups in total. The molecule has 2 heterocycles. The molecule has 7 heteroatoms. The Kier molecular flexibility index (Phi) is 3.93. The largest absolute Gasteiger partial charge is 0.360 e. The summed E-state index contributed by atoms with van der Waals surface area (Å²) in [6.07, 6.45) is 0. The van der Waals surface area contributed by atoms with Gasteiger partial charge in [-0.2, -0.15) is 4.98 Å². The highest BCUT2D eigenvalue weighted by Gasteiger charge is 2.07. The molecule has 2 aromatic heterocycles. The number of hydrogen-bond acceptors (Lipinski definition) is 6. The van der Waals surface area contributed by atoms with Crippen LogP contribution in [-0.4, -0.2) is 15.1 Å². The fraction of sp³-hybridized carbons (Fsp3) is 0.133. The Morgan fingerprint density at radius 1 is 1.00 bits per heavy atom. The molecule has 0 saturated heterocycles. The topological polar surface area (TPSA) is 75.9 Å². The third-order valence-corrected chi connectivity index (χ3v) is 3.19. The molecule has 0 bridgehead atoms. The van der Waals surface area contributed by atoms with E-state index in [0.717, 1.165) is 17.1 Å². The molecule has 0 aliphatic rings. The van der Waals surface area contributed by atoms with E-state index in [1.165, 1.54) is 0 Å². The maximum atomic E-state index is 6.13. The van der Waals surface area contributed by atoms with Crippen molar-refractivity contribution in [1.29, 1.82) is 0 Å². The Balaban J connectivity index is 1.85. The second-order valence-electron chi connectivity index (χ2n) is 4.77. The molecule has 0 aliphatic carbocycles. The predicted molar refractivity (Wildman–Crippen MR) is 86.0 cm³/mol. The van der Waals surface area contributed by atoms with Gasteiger partial charge in [0.15, 0.2) is 5.82 Å². The Labute approximate surface area is 132 Å². The van der Waals surface area contributed by atoms with Gasteiger partial charge in [0.1, 0.15) is 11.6 Å². The number of anilines is 4. The SMILES string of the molecule is Cc1cc(Nc2cc(C)on2)nc(Nc2ccccc2Cl)n1. The molecule has 1 aromatic carbocycles. The van der Waals surface area contributed by atoms with E-state index in [1.807, 2.05) is 38.1 Å². The van der Waals surface area contributed by atoms with Crippen LogP contribution in [-0.2, 0) is 0 Å². The highest BCUT2D eigenvalue weighted by Crippen LogP contribution is 2.24. The molecule has 0 aliphatic heterocycles. The number of rotatable bonds is 4. The monoisotopic (exact) mass is 315 g/mol. The first-order valence-corrected chi connectivity index (χ1v) is 7.05. The average Bonchev–Trinajstić information content (AvgIpc) is 2.86. The first kappa shape index (κ1) is 14.3. The number of nitrogens with one attached hydrogen (secondary N) is 2. The normalized spacial score (nSPS) is 10.5. The van der Waals surface area contributed by atoms with E-state index >= 15 is 0 Å². The molecule has 0 saturated carbocycles. The van der Waals surface area contributed by atoms with Crippen LogP contribution in [0.15, 0.2) is 40.9 Å². The van der Waals surface area contributed by atoms with E-state index in [1.54, 1.807) is 12.1 Å². The molecule has 112 valence electrons. The van der Waals surface area contributed by atoms with Crippen molar-refractivity contribution < 1.29 is 4.52 Å². The summed E-state index contributed by atoms with van der Waals surface area (Å²) in [4.78, 5) is 8.75. The lowest BCUT2D eigenvalue weighted by Gasteiger charge is -2.09. The van der Waals surface area contributed by atoms with E-state index in [0.29, 0.717) is 22.6 Å². The third kappa shape index (κ3) is 3.35. The number of hydrogen-bond donors (Lipinski definition) is 2. The Morgan fingerprint density at radius 2 is 1.82 bits per heavy atom. The maximum Gasteiger partial charge on any atom is 0.229 e. The van der Waals surface area contributed by atoms with Crippen molar-refractivity contribution in [1.82, 2.24) is 15.1 Å². The molecule has 0 radical (unpaired) electrons. The Morgan fingerprint density at radius 3 is 2.55 bits per heavy atom. The van der Waals surface area contributed by atoms with Crippen molar-refractivity contribution in [2.45, 2.75) is 13.8 Å². The number of para-hydroxylation sites is 1. The van der Waals surface area contributed by atoms with Gasteiger partial charge in [0, 0.05) is 17.8 Å². The van der Waals surface area contributed by atoms with E-state index in [-0.39, 0.29) is 0 Å². The summed E-state index contributed by atoms with van der Waals surface area (Å²) in [5.41, 5.74) is 1.56. The summed E-state index contributed by atoms with van der Waals surface area (Å²) in [5.74, 6) is 2.40. The molecule has 0 spiro atoms. The summed E-state index contributed by atoms with van der Waals surface area (Å²) in [6, 6.07) is 11.0. The number of aromatic nitrogens is 3. The quantitative estimate of drug-likeness (QED) is 0.750. The second kappa shape index (κ2) is 6.03. The summed E-state index contributed by atoms with van der Waals surface area (Å²) in [6.45, 7) is 3.71. The molecule has 0 unspecified atom stereocenters. The minimum atomic E-state index is 0.454. The number of aryl methyl sites for hydroxylation is 2. The van der Waals surface area contributed by atoms with Crippen molar-refractivity contribution in [2.24, 2.45) is 0 Å². The maximum absolute atomic E-state index is 6.13. The van der Waals surface area contributed by atoms with Gasteiger partial charge in [-0.15, -0.1) is 0 Å². The van der Waals surface area contributed by atoms with Crippen LogP contribution in [0.25, 0.3) is 0 Å². The molecular weight excluding hydrogens is 302 g/mol. The lowest BCUT2D eigenvalue weighted by atomic mass is 10.3. The van der Waals surface area contributed by atoms with Crippen LogP contribution in [0, 0.1) is 13.8 Å². The molecular formula is C15H14ClN5O. The van der Waals surface area contributed by atoms with Crippen LogP contribution in [0.3, 0.4) is 0 Å². The highest BCUT2D eigenvalue weighted by molar-refractivity contribution is 6.33. The highest BCUT2D eigenvalue weighted by atomic mass is 35.5. The van der Waals surface area contributed by atoms with Gasteiger partial charge in [0.2, 0.25) is 5.95 Å². The standard InChI is InChI=1S/C15H14ClN5O/c1-9-7-13(19-14-8-10(2)22-21-14)20-15(17-9)18-12-6-4-3-5-11(12)16/h3-8H,1-2H3,(H2,17,18,19,20,21). The molecule has 0 fully saturated rings. The van der Waals surface area contributed by atoms with E-state index < -0.39 is 0 Å². The van der Waals surface area contributed by atoms with Crippen molar-refractivity contribution in [3.8, 4) is 0 Å².